The van der Waals surface area contributed by atoms with E-state index in [1.165, 1.54) is 34.7 Å². The van der Waals surface area contributed by atoms with Gasteiger partial charge < -0.3 is 4.74 Å². The molecule has 0 unspecified atom stereocenters. The Kier molecular flexibility index (Phi) is 5.97. The minimum atomic E-state index is -3.96. The van der Waals surface area contributed by atoms with E-state index >= 15 is 0 Å². The molecule has 1 heterocycles. The van der Waals surface area contributed by atoms with Gasteiger partial charge in [0.15, 0.2) is 4.90 Å². The van der Waals surface area contributed by atoms with Gasteiger partial charge in [0, 0.05) is 32.7 Å². The molecule has 9 heteroatoms. The van der Waals surface area contributed by atoms with Crippen LogP contribution in [0.2, 0.25) is 0 Å². The Bertz CT molecular complexity index is 969. The lowest BCUT2D eigenvalue weighted by Gasteiger charge is -2.33. The molecule has 8 nitrogen and oxygen atoms in total. The van der Waals surface area contributed by atoms with Crippen molar-refractivity contribution in [3.8, 4) is 5.75 Å². The Labute approximate surface area is 164 Å². The minimum Gasteiger partial charge on any atom is -0.497 e. The first-order valence-corrected chi connectivity index (χ1v) is 10.4. The fraction of sp³-hybridized carbons (Fsp3) is 0.368. The maximum absolute atomic E-state index is 13.0. The molecule has 1 aliphatic rings. The predicted molar refractivity (Wildman–Crippen MR) is 105 cm³/mol. The van der Waals surface area contributed by atoms with Gasteiger partial charge in [0.2, 0.25) is 10.0 Å². The molecule has 1 saturated heterocycles. The molecule has 0 radical (unpaired) electrons. The van der Waals surface area contributed by atoms with Gasteiger partial charge in [0.1, 0.15) is 5.75 Å². The number of nitro benzene ring substituents is 1. The zero-order valence-electron chi connectivity index (χ0n) is 15.9. The molecule has 0 aromatic heterocycles. The van der Waals surface area contributed by atoms with E-state index in [9.17, 15) is 18.5 Å². The second kappa shape index (κ2) is 8.26. The van der Waals surface area contributed by atoms with E-state index in [0.29, 0.717) is 13.1 Å². The number of hydrogen-bond acceptors (Lipinski definition) is 6. The highest BCUT2D eigenvalue weighted by molar-refractivity contribution is 7.89. The standard InChI is InChI=1S/C19H23N3O5S/c1-15-4-3-5-16(12-15)14-20-8-10-21(11-9-20)28(25,26)19-7-6-17(27-2)13-18(19)22(23)24/h3-7,12-13H,8-11,14H2,1-2H3. The number of rotatable bonds is 6. The van der Waals surface area contributed by atoms with Crippen LogP contribution in [0, 0.1) is 17.0 Å². The molecular weight excluding hydrogens is 382 g/mol. The fourth-order valence-corrected chi connectivity index (χ4v) is 4.88. The van der Waals surface area contributed by atoms with E-state index in [1.54, 1.807) is 0 Å². The normalized spacial score (nSPS) is 16.1. The van der Waals surface area contributed by atoms with Gasteiger partial charge in [-0.05, 0) is 24.6 Å². The first kappa shape index (κ1) is 20.2. The van der Waals surface area contributed by atoms with Gasteiger partial charge in [0.05, 0.1) is 18.1 Å². The van der Waals surface area contributed by atoms with E-state index in [0.717, 1.165) is 12.6 Å². The molecule has 0 saturated carbocycles. The van der Waals surface area contributed by atoms with Crippen LogP contribution >= 0.6 is 0 Å². The number of methoxy groups -OCH3 is 1. The molecule has 150 valence electrons. The van der Waals surface area contributed by atoms with Crippen LogP contribution in [0.1, 0.15) is 11.1 Å². The number of benzene rings is 2. The summed E-state index contributed by atoms with van der Waals surface area (Å²) in [7, 11) is -2.58. The molecule has 2 aromatic carbocycles. The Balaban J connectivity index is 1.74. The summed E-state index contributed by atoms with van der Waals surface area (Å²) in [5.74, 6) is 0.244. The molecule has 2 aromatic rings. The lowest BCUT2D eigenvalue weighted by atomic mass is 10.1. The number of hydrogen-bond donors (Lipinski definition) is 0. The van der Waals surface area contributed by atoms with Crippen molar-refractivity contribution in [3.05, 3.63) is 63.7 Å². The largest absolute Gasteiger partial charge is 0.497 e. The van der Waals surface area contributed by atoms with Crippen LogP contribution < -0.4 is 4.74 Å². The van der Waals surface area contributed by atoms with Crippen molar-refractivity contribution >= 4 is 15.7 Å². The van der Waals surface area contributed by atoms with Crippen molar-refractivity contribution in [2.45, 2.75) is 18.4 Å². The van der Waals surface area contributed by atoms with E-state index in [-0.39, 0.29) is 23.7 Å². The maximum atomic E-state index is 13.0. The van der Waals surface area contributed by atoms with E-state index in [1.807, 2.05) is 19.1 Å². The van der Waals surface area contributed by atoms with Crippen molar-refractivity contribution in [2.24, 2.45) is 0 Å². The van der Waals surface area contributed by atoms with Crippen LogP contribution in [0.5, 0.6) is 5.75 Å². The van der Waals surface area contributed by atoms with E-state index in [2.05, 4.69) is 17.0 Å². The smallest absolute Gasteiger partial charge is 0.293 e. The Morgan fingerprint density at radius 2 is 1.82 bits per heavy atom. The SMILES string of the molecule is COc1ccc(S(=O)(=O)N2CCN(Cc3cccc(C)c3)CC2)c([N+](=O)[O-])c1. The number of nitro groups is 1. The summed E-state index contributed by atoms with van der Waals surface area (Å²) < 4.78 is 32.3. The fourth-order valence-electron chi connectivity index (χ4n) is 3.32. The van der Waals surface area contributed by atoms with Gasteiger partial charge in [0.25, 0.3) is 5.69 Å². The second-order valence-electron chi connectivity index (χ2n) is 6.76. The Morgan fingerprint density at radius 1 is 1.11 bits per heavy atom. The summed E-state index contributed by atoms with van der Waals surface area (Å²) >= 11 is 0. The highest BCUT2D eigenvalue weighted by Crippen LogP contribution is 2.31. The third-order valence-corrected chi connectivity index (χ3v) is 6.75. The van der Waals surface area contributed by atoms with Gasteiger partial charge in [-0.25, -0.2) is 8.42 Å². The van der Waals surface area contributed by atoms with Gasteiger partial charge in [-0.2, -0.15) is 4.31 Å². The third-order valence-electron chi connectivity index (χ3n) is 4.80. The Hall–Kier alpha value is -2.49. The lowest BCUT2D eigenvalue weighted by molar-refractivity contribution is -0.387. The number of ether oxygens (including phenoxy) is 1. The number of sulfonamides is 1. The molecule has 28 heavy (non-hydrogen) atoms. The van der Waals surface area contributed by atoms with Gasteiger partial charge in [-0.15, -0.1) is 0 Å². The zero-order chi connectivity index (χ0) is 20.3. The minimum absolute atomic E-state index is 0.244. The average molecular weight is 405 g/mol. The highest BCUT2D eigenvalue weighted by Gasteiger charge is 2.34. The second-order valence-corrected chi connectivity index (χ2v) is 8.67. The van der Waals surface area contributed by atoms with Crippen molar-refractivity contribution < 1.29 is 18.1 Å². The van der Waals surface area contributed by atoms with E-state index in [4.69, 9.17) is 4.74 Å². The van der Waals surface area contributed by atoms with Gasteiger partial charge in [-0.1, -0.05) is 29.8 Å². The van der Waals surface area contributed by atoms with Crippen molar-refractivity contribution in [3.63, 3.8) is 0 Å². The van der Waals surface area contributed by atoms with Crippen LogP contribution in [0.25, 0.3) is 0 Å². The number of nitrogens with zero attached hydrogens (tertiary/aromatic N) is 3. The molecule has 0 spiro atoms. The summed E-state index contributed by atoms with van der Waals surface area (Å²) in [5, 5.41) is 11.4. The van der Waals surface area contributed by atoms with Crippen LogP contribution in [-0.4, -0.2) is 55.8 Å². The molecule has 0 aliphatic carbocycles. The molecule has 0 atom stereocenters. The summed E-state index contributed by atoms with van der Waals surface area (Å²) in [6.45, 7) is 4.50. The molecule has 1 fully saturated rings. The zero-order valence-corrected chi connectivity index (χ0v) is 16.7. The molecule has 0 amide bonds. The quantitative estimate of drug-likeness (QED) is 0.541. The summed E-state index contributed by atoms with van der Waals surface area (Å²) in [6, 6.07) is 12.0. The van der Waals surface area contributed by atoms with Gasteiger partial charge in [-0.3, -0.25) is 15.0 Å². The average Bonchev–Trinajstić information content (AvgIpc) is 2.68. The number of piperazine rings is 1. The maximum Gasteiger partial charge on any atom is 0.293 e. The van der Waals surface area contributed by atoms with Crippen LogP contribution in [0.4, 0.5) is 5.69 Å². The lowest BCUT2D eigenvalue weighted by Crippen LogP contribution is -2.48. The van der Waals surface area contributed by atoms with Crippen molar-refractivity contribution in [1.29, 1.82) is 0 Å². The molecule has 1 aliphatic heterocycles. The highest BCUT2D eigenvalue weighted by atomic mass is 32.2. The van der Waals surface area contributed by atoms with E-state index < -0.39 is 20.6 Å². The first-order valence-electron chi connectivity index (χ1n) is 8.92. The summed E-state index contributed by atoms with van der Waals surface area (Å²) in [5.41, 5.74) is 1.90. The first-order chi connectivity index (χ1) is 13.3. The predicted octanol–water partition coefficient (Wildman–Crippen LogP) is 2.42. The van der Waals surface area contributed by atoms with Crippen molar-refractivity contribution in [2.75, 3.05) is 33.3 Å². The third kappa shape index (κ3) is 4.32. The Morgan fingerprint density at radius 3 is 2.43 bits per heavy atom. The topological polar surface area (TPSA) is 93.0 Å². The van der Waals surface area contributed by atoms with Crippen LogP contribution in [0.3, 0.4) is 0 Å². The summed E-state index contributed by atoms with van der Waals surface area (Å²) in [4.78, 5) is 12.6. The van der Waals surface area contributed by atoms with Crippen molar-refractivity contribution in [1.82, 2.24) is 9.21 Å². The monoisotopic (exact) mass is 405 g/mol. The molecule has 0 N–H and O–H groups in total. The van der Waals surface area contributed by atoms with Gasteiger partial charge >= 0.3 is 0 Å². The molecular formula is C19H23N3O5S. The summed E-state index contributed by atoms with van der Waals surface area (Å²) in [6.07, 6.45) is 0. The van der Waals surface area contributed by atoms with Crippen LogP contribution in [0.15, 0.2) is 47.4 Å². The molecule has 0 bridgehead atoms. The van der Waals surface area contributed by atoms with Crippen LogP contribution in [-0.2, 0) is 16.6 Å². The molecule has 3 rings (SSSR count). The number of aryl methyl sites for hydroxylation is 1.